The van der Waals surface area contributed by atoms with Gasteiger partial charge in [-0.25, -0.2) is 4.68 Å². The molecule has 1 unspecified atom stereocenters. The molecule has 0 aliphatic carbocycles. The minimum Gasteiger partial charge on any atom is -0.399 e. The molecule has 1 heterocycles. The number of anilines is 1. The predicted octanol–water partition coefficient (Wildman–Crippen LogP) is 2.16. The van der Waals surface area contributed by atoms with Crippen LogP contribution in [0.25, 0.3) is 11.4 Å². The van der Waals surface area contributed by atoms with E-state index < -0.39 is 0 Å². The molecule has 0 radical (unpaired) electrons. The highest BCUT2D eigenvalue weighted by atomic mass is 16.5. The van der Waals surface area contributed by atoms with Gasteiger partial charge in [-0.3, -0.25) is 0 Å². The number of rotatable bonds is 6. The lowest BCUT2D eigenvalue weighted by Crippen LogP contribution is -2.23. The Labute approximate surface area is 118 Å². The summed E-state index contributed by atoms with van der Waals surface area (Å²) in [6.07, 6.45) is 0. The molecule has 1 aromatic carbocycles. The van der Waals surface area contributed by atoms with Crippen LogP contribution in [0.1, 0.15) is 26.8 Å². The van der Waals surface area contributed by atoms with Gasteiger partial charge in [-0.15, -0.1) is 5.10 Å². The highest BCUT2D eigenvalue weighted by Gasteiger charge is 2.21. The maximum atomic E-state index is 5.83. The summed E-state index contributed by atoms with van der Waals surface area (Å²) in [7, 11) is 0. The van der Waals surface area contributed by atoms with Crippen molar-refractivity contribution in [1.29, 1.82) is 0 Å². The van der Waals surface area contributed by atoms with Crippen LogP contribution >= 0.6 is 0 Å². The topological polar surface area (TPSA) is 78.8 Å². The quantitative estimate of drug-likeness (QED) is 0.817. The maximum Gasteiger partial charge on any atom is 0.182 e. The summed E-state index contributed by atoms with van der Waals surface area (Å²) in [4.78, 5) is 0. The Kier molecular flexibility index (Phi) is 4.68. The molecule has 0 spiro atoms. The van der Waals surface area contributed by atoms with E-state index in [-0.39, 0.29) is 6.04 Å². The SMILES string of the molecule is CCOCC(C(C)C)n1nnnc1-c1cccc(N)c1. The third-order valence-corrected chi connectivity index (χ3v) is 3.21. The normalized spacial score (nSPS) is 12.8. The zero-order valence-corrected chi connectivity index (χ0v) is 12.2. The van der Waals surface area contributed by atoms with Gasteiger partial charge in [0.25, 0.3) is 0 Å². The number of hydrogen-bond acceptors (Lipinski definition) is 5. The number of nitrogen functional groups attached to an aromatic ring is 1. The van der Waals surface area contributed by atoms with Crippen LogP contribution in [0.2, 0.25) is 0 Å². The lowest BCUT2D eigenvalue weighted by atomic mass is 10.0. The molecule has 0 fully saturated rings. The fourth-order valence-electron chi connectivity index (χ4n) is 2.07. The van der Waals surface area contributed by atoms with Crippen molar-refractivity contribution in [3.63, 3.8) is 0 Å². The van der Waals surface area contributed by atoms with Gasteiger partial charge in [0.15, 0.2) is 5.82 Å². The molecule has 0 saturated carbocycles. The van der Waals surface area contributed by atoms with E-state index in [4.69, 9.17) is 10.5 Å². The second-order valence-electron chi connectivity index (χ2n) is 5.04. The number of tetrazole rings is 1. The molecule has 0 saturated heterocycles. The molecule has 0 bridgehead atoms. The summed E-state index contributed by atoms with van der Waals surface area (Å²) >= 11 is 0. The molecule has 2 N–H and O–H groups in total. The molecule has 1 aromatic heterocycles. The molecular formula is C14H21N5O. The lowest BCUT2D eigenvalue weighted by molar-refractivity contribution is 0.0913. The molecule has 6 heteroatoms. The van der Waals surface area contributed by atoms with E-state index in [9.17, 15) is 0 Å². The van der Waals surface area contributed by atoms with Crippen molar-refractivity contribution in [1.82, 2.24) is 20.2 Å². The first kappa shape index (κ1) is 14.5. The largest absolute Gasteiger partial charge is 0.399 e. The van der Waals surface area contributed by atoms with Crippen LogP contribution in [-0.2, 0) is 4.74 Å². The average Bonchev–Trinajstić information content (AvgIpc) is 2.88. The number of hydrogen-bond donors (Lipinski definition) is 1. The van der Waals surface area contributed by atoms with Crippen LogP contribution in [0.4, 0.5) is 5.69 Å². The first-order valence-electron chi connectivity index (χ1n) is 6.85. The molecular weight excluding hydrogens is 254 g/mol. The molecule has 2 rings (SSSR count). The Morgan fingerprint density at radius 3 is 2.80 bits per heavy atom. The number of ether oxygens (including phenoxy) is 1. The smallest absolute Gasteiger partial charge is 0.182 e. The Bertz CT molecular complexity index is 552. The van der Waals surface area contributed by atoms with Gasteiger partial charge in [-0.05, 0) is 35.4 Å². The Hall–Kier alpha value is -1.95. The van der Waals surface area contributed by atoms with Crippen molar-refractivity contribution >= 4 is 5.69 Å². The number of aromatic nitrogens is 4. The van der Waals surface area contributed by atoms with Crippen molar-refractivity contribution < 1.29 is 4.74 Å². The Morgan fingerprint density at radius 2 is 2.15 bits per heavy atom. The fraction of sp³-hybridized carbons (Fsp3) is 0.500. The summed E-state index contributed by atoms with van der Waals surface area (Å²) in [6, 6.07) is 7.67. The minimum atomic E-state index is 0.0985. The van der Waals surface area contributed by atoms with Gasteiger partial charge in [-0.2, -0.15) is 0 Å². The van der Waals surface area contributed by atoms with Crippen LogP contribution in [0, 0.1) is 5.92 Å². The first-order valence-corrected chi connectivity index (χ1v) is 6.85. The van der Waals surface area contributed by atoms with Crippen LogP contribution in [0.15, 0.2) is 24.3 Å². The molecule has 0 aliphatic heterocycles. The maximum absolute atomic E-state index is 5.83. The van der Waals surface area contributed by atoms with E-state index in [0.717, 1.165) is 11.4 Å². The molecule has 108 valence electrons. The second kappa shape index (κ2) is 6.47. The molecule has 2 aromatic rings. The highest BCUT2D eigenvalue weighted by Crippen LogP contribution is 2.25. The highest BCUT2D eigenvalue weighted by molar-refractivity contribution is 5.60. The summed E-state index contributed by atoms with van der Waals surface area (Å²) in [5.74, 6) is 1.08. The van der Waals surface area contributed by atoms with Gasteiger partial charge in [0.05, 0.1) is 12.6 Å². The van der Waals surface area contributed by atoms with Crippen molar-refractivity contribution in [3.8, 4) is 11.4 Å². The number of benzene rings is 1. The van der Waals surface area contributed by atoms with Crippen molar-refractivity contribution in [3.05, 3.63) is 24.3 Å². The van der Waals surface area contributed by atoms with E-state index >= 15 is 0 Å². The molecule has 20 heavy (non-hydrogen) atoms. The summed E-state index contributed by atoms with van der Waals surface area (Å²) in [5.41, 5.74) is 7.44. The third kappa shape index (κ3) is 3.14. The van der Waals surface area contributed by atoms with Gasteiger partial charge in [0.1, 0.15) is 0 Å². The van der Waals surface area contributed by atoms with E-state index in [2.05, 4.69) is 29.4 Å². The Balaban J connectivity index is 2.35. The molecule has 0 aliphatic rings. The van der Waals surface area contributed by atoms with Crippen LogP contribution in [0.3, 0.4) is 0 Å². The van der Waals surface area contributed by atoms with Gasteiger partial charge < -0.3 is 10.5 Å². The minimum absolute atomic E-state index is 0.0985. The zero-order chi connectivity index (χ0) is 14.5. The fourth-order valence-corrected chi connectivity index (χ4v) is 2.07. The van der Waals surface area contributed by atoms with Crippen molar-refractivity contribution in [2.45, 2.75) is 26.8 Å². The van der Waals surface area contributed by atoms with Gasteiger partial charge in [0.2, 0.25) is 0 Å². The lowest BCUT2D eigenvalue weighted by Gasteiger charge is -2.21. The van der Waals surface area contributed by atoms with E-state index in [1.165, 1.54) is 0 Å². The second-order valence-corrected chi connectivity index (χ2v) is 5.04. The third-order valence-electron chi connectivity index (χ3n) is 3.21. The first-order chi connectivity index (χ1) is 9.63. The summed E-state index contributed by atoms with van der Waals surface area (Å²) in [6.45, 7) is 7.52. The monoisotopic (exact) mass is 275 g/mol. The molecule has 0 amide bonds. The summed E-state index contributed by atoms with van der Waals surface area (Å²) in [5, 5.41) is 12.1. The van der Waals surface area contributed by atoms with E-state index in [1.54, 1.807) is 0 Å². The van der Waals surface area contributed by atoms with E-state index in [1.807, 2.05) is 35.9 Å². The number of nitrogens with two attached hydrogens (primary N) is 1. The zero-order valence-electron chi connectivity index (χ0n) is 12.2. The molecule has 6 nitrogen and oxygen atoms in total. The van der Waals surface area contributed by atoms with Crippen LogP contribution in [-0.4, -0.2) is 33.4 Å². The standard InChI is InChI=1S/C14H21N5O/c1-4-20-9-13(10(2)3)19-14(16-17-18-19)11-6-5-7-12(15)8-11/h5-8,10,13H,4,9,15H2,1-3H3. The molecule has 1 atom stereocenters. The van der Waals surface area contributed by atoms with Crippen LogP contribution in [0.5, 0.6) is 0 Å². The number of nitrogens with zero attached hydrogens (tertiary/aromatic N) is 4. The Morgan fingerprint density at radius 1 is 1.35 bits per heavy atom. The average molecular weight is 275 g/mol. The summed E-state index contributed by atoms with van der Waals surface area (Å²) < 4.78 is 7.38. The van der Waals surface area contributed by atoms with Gasteiger partial charge in [-0.1, -0.05) is 26.0 Å². The van der Waals surface area contributed by atoms with Crippen molar-refractivity contribution in [2.75, 3.05) is 18.9 Å². The van der Waals surface area contributed by atoms with Crippen LogP contribution < -0.4 is 5.73 Å². The van der Waals surface area contributed by atoms with Crippen molar-refractivity contribution in [2.24, 2.45) is 5.92 Å². The predicted molar refractivity (Wildman–Crippen MR) is 78.0 cm³/mol. The van der Waals surface area contributed by atoms with E-state index in [0.29, 0.717) is 24.8 Å². The van der Waals surface area contributed by atoms with Gasteiger partial charge >= 0.3 is 0 Å². The van der Waals surface area contributed by atoms with Gasteiger partial charge in [0, 0.05) is 17.9 Å².